The number of esters is 1. The van der Waals surface area contributed by atoms with Crippen LogP contribution < -0.4 is 14.8 Å². The van der Waals surface area contributed by atoms with Gasteiger partial charge in [-0.2, -0.15) is 0 Å². The van der Waals surface area contributed by atoms with Gasteiger partial charge in [0.15, 0.2) is 22.6 Å². The van der Waals surface area contributed by atoms with Gasteiger partial charge in [0.2, 0.25) is 6.79 Å². The molecule has 27 heavy (non-hydrogen) atoms. The van der Waals surface area contributed by atoms with Crippen LogP contribution in [0, 0.1) is 0 Å². The Bertz CT molecular complexity index is 967. The molecular weight excluding hydrogens is 370 g/mol. The maximum absolute atomic E-state index is 12.2. The Labute approximate surface area is 158 Å². The highest BCUT2D eigenvalue weighted by molar-refractivity contribution is 7.15. The number of rotatable bonds is 6. The Hall–Kier alpha value is -3.07. The number of nitrogens with one attached hydrogen (secondary N) is 1. The van der Waals surface area contributed by atoms with Crippen LogP contribution in [0.5, 0.6) is 11.5 Å². The zero-order valence-electron chi connectivity index (χ0n) is 14.5. The van der Waals surface area contributed by atoms with Crippen molar-refractivity contribution >= 4 is 28.2 Å². The summed E-state index contributed by atoms with van der Waals surface area (Å²) in [6.07, 6.45) is 2.77. The van der Waals surface area contributed by atoms with Crippen molar-refractivity contribution in [2.75, 3.05) is 6.79 Å². The molecule has 0 aliphatic carbocycles. The standard InChI is InChI=1S/C18H17N3O5S/c1-11(26-16(22)7-13-9-21-4-5-27-18(21)20-13)17(23)19-8-12-2-3-14-15(6-12)25-10-24-14/h2-6,9,11H,7-8,10H2,1H3,(H,19,23)/t11-/m1/s1. The molecular formula is C18H17N3O5S. The molecule has 1 amide bonds. The summed E-state index contributed by atoms with van der Waals surface area (Å²) in [5.41, 5.74) is 1.48. The SMILES string of the molecule is C[C@@H](OC(=O)Cc1cn2ccsc2n1)C(=O)NCc1ccc2c(c1)OCO2. The molecule has 1 aromatic carbocycles. The van der Waals surface area contributed by atoms with Crippen molar-refractivity contribution in [1.29, 1.82) is 0 Å². The zero-order chi connectivity index (χ0) is 18.8. The molecule has 1 aliphatic rings. The summed E-state index contributed by atoms with van der Waals surface area (Å²) >= 11 is 1.48. The number of nitrogens with zero attached hydrogens (tertiary/aromatic N) is 2. The van der Waals surface area contributed by atoms with E-state index in [-0.39, 0.29) is 19.1 Å². The van der Waals surface area contributed by atoms with Crippen LogP contribution in [0.25, 0.3) is 4.96 Å². The molecule has 0 saturated carbocycles. The van der Waals surface area contributed by atoms with E-state index in [0.29, 0.717) is 23.7 Å². The molecule has 140 valence electrons. The van der Waals surface area contributed by atoms with Crippen molar-refractivity contribution in [3.8, 4) is 11.5 Å². The number of imidazole rings is 1. The largest absolute Gasteiger partial charge is 0.454 e. The van der Waals surface area contributed by atoms with Gasteiger partial charge in [-0.25, -0.2) is 4.98 Å². The van der Waals surface area contributed by atoms with Crippen molar-refractivity contribution in [3.05, 3.63) is 47.2 Å². The van der Waals surface area contributed by atoms with Crippen molar-refractivity contribution in [2.24, 2.45) is 0 Å². The normalized spacial score (nSPS) is 13.5. The molecule has 9 heteroatoms. The molecule has 1 N–H and O–H groups in total. The molecule has 3 aromatic rings. The number of carbonyl (C=O) groups excluding carboxylic acids is 2. The fraction of sp³-hybridized carbons (Fsp3) is 0.278. The average Bonchev–Trinajstić information content (AvgIpc) is 3.34. The fourth-order valence-electron chi connectivity index (χ4n) is 2.69. The second kappa shape index (κ2) is 7.28. The maximum atomic E-state index is 12.2. The predicted molar refractivity (Wildman–Crippen MR) is 96.7 cm³/mol. The average molecular weight is 387 g/mol. The first-order chi connectivity index (χ1) is 13.1. The van der Waals surface area contributed by atoms with Crippen LogP contribution in [-0.4, -0.2) is 34.2 Å². The second-order valence-corrected chi connectivity index (χ2v) is 6.91. The maximum Gasteiger partial charge on any atom is 0.312 e. The lowest BCUT2D eigenvalue weighted by atomic mass is 10.2. The van der Waals surface area contributed by atoms with Crippen LogP contribution in [-0.2, 0) is 27.3 Å². The summed E-state index contributed by atoms with van der Waals surface area (Å²) in [5.74, 6) is 0.478. The number of hydrogen-bond donors (Lipinski definition) is 1. The quantitative estimate of drug-likeness (QED) is 0.650. The number of aromatic nitrogens is 2. The van der Waals surface area contributed by atoms with Gasteiger partial charge in [0, 0.05) is 24.3 Å². The molecule has 1 atom stereocenters. The molecule has 0 radical (unpaired) electrons. The first kappa shape index (κ1) is 17.3. The summed E-state index contributed by atoms with van der Waals surface area (Å²) < 4.78 is 17.6. The number of ether oxygens (including phenoxy) is 3. The van der Waals surface area contributed by atoms with E-state index in [0.717, 1.165) is 10.5 Å². The number of thiazole rings is 1. The minimum atomic E-state index is -0.893. The van der Waals surface area contributed by atoms with Gasteiger partial charge in [-0.3, -0.25) is 14.0 Å². The van der Waals surface area contributed by atoms with E-state index in [1.165, 1.54) is 11.3 Å². The Balaban J connectivity index is 1.27. The van der Waals surface area contributed by atoms with E-state index in [4.69, 9.17) is 14.2 Å². The first-order valence-corrected chi connectivity index (χ1v) is 9.23. The highest BCUT2D eigenvalue weighted by Gasteiger charge is 2.19. The summed E-state index contributed by atoms with van der Waals surface area (Å²) in [7, 11) is 0. The van der Waals surface area contributed by atoms with Gasteiger partial charge in [-0.1, -0.05) is 6.07 Å². The summed E-state index contributed by atoms with van der Waals surface area (Å²) in [6.45, 7) is 2.04. The van der Waals surface area contributed by atoms with Crippen molar-refractivity contribution in [3.63, 3.8) is 0 Å². The molecule has 0 spiro atoms. The third-order valence-electron chi connectivity index (χ3n) is 4.05. The number of fused-ring (bicyclic) bond motifs is 2. The van der Waals surface area contributed by atoms with E-state index < -0.39 is 12.1 Å². The van der Waals surface area contributed by atoms with E-state index in [1.54, 1.807) is 19.2 Å². The van der Waals surface area contributed by atoms with E-state index in [9.17, 15) is 9.59 Å². The van der Waals surface area contributed by atoms with Crippen LogP contribution in [0.1, 0.15) is 18.2 Å². The van der Waals surface area contributed by atoms with Gasteiger partial charge < -0.3 is 19.5 Å². The zero-order valence-corrected chi connectivity index (χ0v) is 15.3. The summed E-state index contributed by atoms with van der Waals surface area (Å²) in [6, 6.07) is 5.45. The molecule has 3 heterocycles. The van der Waals surface area contributed by atoms with Crippen molar-refractivity contribution in [2.45, 2.75) is 26.0 Å². The summed E-state index contributed by atoms with van der Waals surface area (Å²) in [4.78, 5) is 29.4. The number of hydrogen-bond acceptors (Lipinski definition) is 7. The molecule has 0 bridgehead atoms. The van der Waals surface area contributed by atoms with Gasteiger partial charge in [0.1, 0.15) is 0 Å². The number of amides is 1. The molecule has 0 unspecified atom stereocenters. The van der Waals surface area contributed by atoms with Gasteiger partial charge >= 0.3 is 5.97 Å². The summed E-state index contributed by atoms with van der Waals surface area (Å²) in [5, 5.41) is 4.66. The Morgan fingerprint density at radius 1 is 1.37 bits per heavy atom. The third kappa shape index (κ3) is 3.87. The van der Waals surface area contributed by atoms with E-state index in [2.05, 4.69) is 10.3 Å². The first-order valence-electron chi connectivity index (χ1n) is 8.35. The van der Waals surface area contributed by atoms with Crippen LogP contribution in [0.4, 0.5) is 0 Å². The number of carbonyl (C=O) groups is 2. The lowest BCUT2D eigenvalue weighted by Crippen LogP contribution is -2.35. The predicted octanol–water partition coefficient (Wildman–Crippen LogP) is 1.92. The minimum Gasteiger partial charge on any atom is -0.454 e. The van der Waals surface area contributed by atoms with Crippen LogP contribution in [0.3, 0.4) is 0 Å². The van der Waals surface area contributed by atoms with E-state index >= 15 is 0 Å². The van der Waals surface area contributed by atoms with Crippen molar-refractivity contribution < 1.29 is 23.8 Å². The van der Waals surface area contributed by atoms with Crippen molar-refractivity contribution in [1.82, 2.24) is 14.7 Å². The molecule has 4 rings (SSSR count). The number of benzene rings is 1. The van der Waals surface area contributed by atoms with Gasteiger partial charge in [0.25, 0.3) is 5.91 Å². The van der Waals surface area contributed by atoms with Crippen LogP contribution in [0.15, 0.2) is 36.0 Å². The Kier molecular flexibility index (Phi) is 4.68. The highest BCUT2D eigenvalue weighted by Crippen LogP contribution is 2.32. The van der Waals surface area contributed by atoms with Gasteiger partial charge in [-0.15, -0.1) is 11.3 Å². The molecule has 0 saturated heterocycles. The molecule has 1 aliphatic heterocycles. The lowest BCUT2D eigenvalue weighted by molar-refractivity contribution is -0.154. The molecule has 0 fully saturated rings. The van der Waals surface area contributed by atoms with Crippen LogP contribution >= 0.6 is 11.3 Å². The van der Waals surface area contributed by atoms with E-state index in [1.807, 2.05) is 28.1 Å². The Morgan fingerprint density at radius 3 is 3.07 bits per heavy atom. The lowest BCUT2D eigenvalue weighted by Gasteiger charge is -2.13. The fourth-order valence-corrected chi connectivity index (χ4v) is 3.40. The van der Waals surface area contributed by atoms with Gasteiger partial charge in [0.05, 0.1) is 12.1 Å². The molecule has 8 nitrogen and oxygen atoms in total. The third-order valence-corrected chi connectivity index (χ3v) is 4.82. The highest BCUT2D eigenvalue weighted by atomic mass is 32.1. The topological polar surface area (TPSA) is 91.2 Å². The monoisotopic (exact) mass is 387 g/mol. The van der Waals surface area contributed by atoms with Crippen LogP contribution in [0.2, 0.25) is 0 Å². The second-order valence-electron chi connectivity index (χ2n) is 6.04. The minimum absolute atomic E-state index is 0.0220. The Morgan fingerprint density at radius 2 is 2.22 bits per heavy atom. The smallest absolute Gasteiger partial charge is 0.312 e. The van der Waals surface area contributed by atoms with Gasteiger partial charge in [-0.05, 0) is 24.6 Å². The molecule has 2 aromatic heterocycles.